The summed E-state index contributed by atoms with van der Waals surface area (Å²) >= 11 is 5.92. The molecule has 2 rings (SSSR count). The molecule has 6 nitrogen and oxygen atoms in total. The summed E-state index contributed by atoms with van der Waals surface area (Å²) in [6.07, 6.45) is 2.92. The van der Waals surface area contributed by atoms with Gasteiger partial charge in [0.05, 0.1) is 24.5 Å². The van der Waals surface area contributed by atoms with Crippen LogP contribution < -0.4 is 15.4 Å². The molecule has 0 bridgehead atoms. The van der Waals surface area contributed by atoms with Gasteiger partial charge in [-0.1, -0.05) is 11.6 Å². The molecule has 1 aromatic carbocycles. The van der Waals surface area contributed by atoms with Crippen LogP contribution in [0.2, 0.25) is 5.02 Å². The van der Waals surface area contributed by atoms with E-state index in [9.17, 15) is 4.79 Å². The molecule has 2 aromatic rings. The van der Waals surface area contributed by atoms with Crippen LogP contribution in [0.4, 0.5) is 11.5 Å². The number of methoxy groups -OCH3 is 1. The molecule has 0 saturated carbocycles. The van der Waals surface area contributed by atoms with Gasteiger partial charge < -0.3 is 15.4 Å². The molecular formula is C13H13ClN4O2. The molecule has 1 amide bonds. The van der Waals surface area contributed by atoms with Crippen LogP contribution in [0.1, 0.15) is 10.5 Å². The highest BCUT2D eigenvalue weighted by Crippen LogP contribution is 2.27. The van der Waals surface area contributed by atoms with Crippen molar-refractivity contribution in [3.05, 3.63) is 41.3 Å². The van der Waals surface area contributed by atoms with Gasteiger partial charge in [0.1, 0.15) is 17.3 Å². The Morgan fingerprint density at radius 1 is 1.35 bits per heavy atom. The van der Waals surface area contributed by atoms with Gasteiger partial charge in [-0.25, -0.2) is 4.98 Å². The van der Waals surface area contributed by atoms with E-state index in [2.05, 4.69) is 20.6 Å². The van der Waals surface area contributed by atoms with Crippen LogP contribution in [0.25, 0.3) is 0 Å². The lowest BCUT2D eigenvalue weighted by atomic mass is 10.3. The number of ether oxygens (including phenoxy) is 1. The van der Waals surface area contributed by atoms with Crippen LogP contribution in [-0.2, 0) is 0 Å². The number of amides is 1. The molecule has 0 spiro atoms. The Hall–Kier alpha value is -2.34. The SMILES string of the molecule is CNc1cncc(C(=O)Nc2ccc(Cl)c(OC)c2)n1. The van der Waals surface area contributed by atoms with Gasteiger partial charge in [-0.15, -0.1) is 0 Å². The summed E-state index contributed by atoms with van der Waals surface area (Å²) < 4.78 is 5.09. The number of nitrogens with zero attached hydrogens (tertiary/aromatic N) is 2. The van der Waals surface area contributed by atoms with Crippen LogP contribution in [0.5, 0.6) is 5.75 Å². The van der Waals surface area contributed by atoms with Crippen molar-refractivity contribution in [3.8, 4) is 5.75 Å². The highest BCUT2D eigenvalue weighted by molar-refractivity contribution is 6.32. The van der Waals surface area contributed by atoms with E-state index >= 15 is 0 Å². The van der Waals surface area contributed by atoms with Crippen molar-refractivity contribution in [2.24, 2.45) is 0 Å². The minimum Gasteiger partial charge on any atom is -0.495 e. The standard InChI is InChI=1S/C13H13ClN4O2/c1-15-12-7-16-6-10(18-12)13(19)17-8-3-4-9(14)11(5-8)20-2/h3-7H,1-2H3,(H,15,18)(H,17,19). The van der Waals surface area contributed by atoms with Crippen LogP contribution in [0.3, 0.4) is 0 Å². The summed E-state index contributed by atoms with van der Waals surface area (Å²) in [4.78, 5) is 20.1. The molecular weight excluding hydrogens is 280 g/mol. The number of aromatic nitrogens is 2. The first-order valence-corrected chi connectivity index (χ1v) is 6.16. The van der Waals surface area contributed by atoms with Gasteiger partial charge in [0.15, 0.2) is 0 Å². The number of rotatable bonds is 4. The van der Waals surface area contributed by atoms with E-state index in [1.807, 2.05) is 0 Å². The third-order valence-corrected chi connectivity index (χ3v) is 2.84. The molecule has 104 valence electrons. The summed E-state index contributed by atoms with van der Waals surface area (Å²) in [6, 6.07) is 4.96. The molecule has 0 saturated heterocycles. The zero-order chi connectivity index (χ0) is 14.5. The number of carbonyl (C=O) groups is 1. The first-order valence-electron chi connectivity index (χ1n) is 5.78. The van der Waals surface area contributed by atoms with Crippen molar-refractivity contribution in [2.45, 2.75) is 0 Å². The molecule has 0 fully saturated rings. The minimum atomic E-state index is -0.362. The third-order valence-electron chi connectivity index (χ3n) is 2.53. The van der Waals surface area contributed by atoms with Crippen molar-refractivity contribution in [2.75, 3.05) is 24.8 Å². The molecule has 0 atom stereocenters. The van der Waals surface area contributed by atoms with Crippen LogP contribution in [0, 0.1) is 0 Å². The first-order chi connectivity index (χ1) is 9.63. The van der Waals surface area contributed by atoms with E-state index in [0.717, 1.165) is 0 Å². The summed E-state index contributed by atoms with van der Waals surface area (Å²) in [5.41, 5.74) is 0.777. The number of hydrogen-bond acceptors (Lipinski definition) is 5. The number of benzene rings is 1. The number of hydrogen-bond donors (Lipinski definition) is 2. The average Bonchev–Trinajstić information content (AvgIpc) is 2.49. The highest BCUT2D eigenvalue weighted by Gasteiger charge is 2.10. The first kappa shape index (κ1) is 14.1. The fraction of sp³-hybridized carbons (Fsp3) is 0.154. The molecule has 1 aromatic heterocycles. The summed E-state index contributed by atoms with van der Waals surface area (Å²) in [6.45, 7) is 0. The monoisotopic (exact) mass is 292 g/mol. The Labute approximate surface area is 121 Å². The number of nitrogens with one attached hydrogen (secondary N) is 2. The summed E-state index contributed by atoms with van der Waals surface area (Å²) in [5, 5.41) is 6.00. The van der Waals surface area contributed by atoms with E-state index in [1.165, 1.54) is 19.5 Å². The Kier molecular flexibility index (Phi) is 4.37. The Morgan fingerprint density at radius 3 is 2.85 bits per heavy atom. The van der Waals surface area contributed by atoms with Gasteiger partial charge in [0, 0.05) is 18.8 Å². The molecule has 0 aliphatic rings. The van der Waals surface area contributed by atoms with E-state index in [0.29, 0.717) is 22.3 Å². The maximum atomic E-state index is 12.1. The zero-order valence-corrected chi connectivity index (χ0v) is 11.7. The van der Waals surface area contributed by atoms with E-state index in [1.54, 1.807) is 25.2 Å². The minimum absolute atomic E-state index is 0.214. The van der Waals surface area contributed by atoms with Crippen LogP contribution >= 0.6 is 11.6 Å². The molecule has 20 heavy (non-hydrogen) atoms. The van der Waals surface area contributed by atoms with Gasteiger partial charge in [-0.05, 0) is 12.1 Å². The second kappa shape index (κ2) is 6.21. The fourth-order valence-electron chi connectivity index (χ4n) is 1.53. The average molecular weight is 293 g/mol. The van der Waals surface area contributed by atoms with Gasteiger partial charge in [0.25, 0.3) is 5.91 Å². The second-order valence-electron chi connectivity index (χ2n) is 3.84. The quantitative estimate of drug-likeness (QED) is 0.905. The lowest BCUT2D eigenvalue weighted by Gasteiger charge is -2.08. The maximum absolute atomic E-state index is 12.1. The number of anilines is 2. The smallest absolute Gasteiger partial charge is 0.275 e. The van der Waals surface area contributed by atoms with Gasteiger partial charge in [0.2, 0.25) is 0 Å². The summed E-state index contributed by atoms with van der Waals surface area (Å²) in [7, 11) is 3.21. The molecule has 0 aliphatic heterocycles. The van der Waals surface area contributed by atoms with Crippen molar-refractivity contribution >= 4 is 29.0 Å². The van der Waals surface area contributed by atoms with Crippen LogP contribution in [-0.4, -0.2) is 30.0 Å². The topological polar surface area (TPSA) is 76.1 Å². The lowest BCUT2D eigenvalue weighted by molar-refractivity contribution is 0.102. The van der Waals surface area contributed by atoms with Crippen molar-refractivity contribution in [1.29, 1.82) is 0 Å². The predicted octanol–water partition coefficient (Wildman–Crippen LogP) is 2.43. The van der Waals surface area contributed by atoms with Crippen LogP contribution in [0.15, 0.2) is 30.6 Å². The number of halogens is 1. The normalized spacial score (nSPS) is 9.95. The highest BCUT2D eigenvalue weighted by atomic mass is 35.5. The molecule has 0 aliphatic carbocycles. The predicted molar refractivity (Wildman–Crippen MR) is 77.5 cm³/mol. The van der Waals surface area contributed by atoms with Crippen molar-refractivity contribution in [1.82, 2.24) is 9.97 Å². The van der Waals surface area contributed by atoms with E-state index in [4.69, 9.17) is 16.3 Å². The summed E-state index contributed by atoms with van der Waals surface area (Å²) in [5.74, 6) is 0.643. The maximum Gasteiger partial charge on any atom is 0.275 e. The fourth-order valence-corrected chi connectivity index (χ4v) is 1.72. The third kappa shape index (κ3) is 3.16. The lowest BCUT2D eigenvalue weighted by Crippen LogP contribution is -2.14. The van der Waals surface area contributed by atoms with Gasteiger partial charge >= 0.3 is 0 Å². The van der Waals surface area contributed by atoms with Gasteiger partial charge in [-0.3, -0.25) is 9.78 Å². The zero-order valence-electron chi connectivity index (χ0n) is 11.0. The Morgan fingerprint density at radius 2 is 2.15 bits per heavy atom. The molecule has 1 heterocycles. The molecule has 0 radical (unpaired) electrons. The van der Waals surface area contributed by atoms with Crippen molar-refractivity contribution in [3.63, 3.8) is 0 Å². The Bertz CT molecular complexity index is 634. The van der Waals surface area contributed by atoms with E-state index < -0.39 is 0 Å². The number of carbonyl (C=O) groups excluding carboxylic acids is 1. The van der Waals surface area contributed by atoms with Gasteiger partial charge in [-0.2, -0.15) is 0 Å². The van der Waals surface area contributed by atoms with E-state index in [-0.39, 0.29) is 11.6 Å². The molecule has 7 heteroatoms. The Balaban J connectivity index is 2.18. The molecule has 2 N–H and O–H groups in total. The second-order valence-corrected chi connectivity index (χ2v) is 4.25. The largest absolute Gasteiger partial charge is 0.495 e. The van der Waals surface area contributed by atoms with Crippen molar-refractivity contribution < 1.29 is 9.53 Å². The molecule has 0 unspecified atom stereocenters.